The summed E-state index contributed by atoms with van der Waals surface area (Å²) in [6, 6.07) is 14.4. The van der Waals surface area contributed by atoms with Gasteiger partial charge in [0.1, 0.15) is 11.4 Å². The number of nitrogens with zero attached hydrogens (tertiary/aromatic N) is 2. The summed E-state index contributed by atoms with van der Waals surface area (Å²) in [5.41, 5.74) is 3.13. The Morgan fingerprint density at radius 1 is 1.09 bits per heavy atom. The number of hydrogen-bond acceptors (Lipinski definition) is 4. The average molecular weight is 449 g/mol. The van der Waals surface area contributed by atoms with Gasteiger partial charge in [0.2, 0.25) is 5.91 Å². The summed E-state index contributed by atoms with van der Waals surface area (Å²) in [7, 11) is 0. The predicted octanol–water partition coefficient (Wildman–Crippen LogP) is 4.01. The molecule has 0 aliphatic carbocycles. The summed E-state index contributed by atoms with van der Waals surface area (Å²) in [5, 5.41) is 4.04. The number of aryl methyl sites for hydroxylation is 1. The Kier molecular flexibility index (Phi) is 5.66. The number of amides is 1. The van der Waals surface area contributed by atoms with Crippen LogP contribution in [0.3, 0.4) is 0 Å². The highest BCUT2D eigenvalue weighted by Gasteiger charge is 2.50. The number of anilines is 1. The number of piperidine rings is 1. The lowest BCUT2D eigenvalue weighted by molar-refractivity contribution is -0.125. The monoisotopic (exact) mass is 448 g/mol. The predicted molar refractivity (Wildman–Crippen MR) is 127 cm³/mol. The van der Waals surface area contributed by atoms with E-state index in [0.717, 1.165) is 42.6 Å². The van der Waals surface area contributed by atoms with Crippen molar-refractivity contribution in [3.8, 4) is 0 Å². The molecule has 3 aromatic rings. The molecule has 2 aliphatic rings. The fourth-order valence-corrected chi connectivity index (χ4v) is 5.19. The molecule has 5 rings (SSSR count). The minimum atomic E-state index is -0.577. The summed E-state index contributed by atoms with van der Waals surface area (Å²) in [4.78, 5) is 33.1. The second-order valence-corrected chi connectivity index (χ2v) is 9.24. The first-order valence-corrected chi connectivity index (χ1v) is 11.6. The van der Waals surface area contributed by atoms with Crippen LogP contribution in [0.25, 0.3) is 10.9 Å². The third kappa shape index (κ3) is 4.13. The largest absolute Gasteiger partial charge is 0.352 e. The Labute approximate surface area is 192 Å². The molecule has 0 radical (unpaired) electrons. The molecule has 7 heteroatoms. The number of halogens is 1. The standard InChI is InChI=1S/C26H29FN4O2/c1-18-4-9-22-19(15-18)16-23(29-22)24(32)3-2-12-30-13-10-26(11-14-30)25(33)28-17-31(26)21-7-5-20(27)6-8-21/h4-9,15-16,29H,2-3,10-14,17H2,1H3,(H,28,33). The zero-order chi connectivity index (χ0) is 23.0. The molecule has 2 N–H and O–H groups in total. The zero-order valence-electron chi connectivity index (χ0n) is 18.9. The van der Waals surface area contributed by atoms with E-state index < -0.39 is 5.54 Å². The molecule has 0 unspecified atom stereocenters. The van der Waals surface area contributed by atoms with E-state index in [1.807, 2.05) is 25.1 Å². The van der Waals surface area contributed by atoms with Crippen LogP contribution in [0.2, 0.25) is 0 Å². The summed E-state index contributed by atoms with van der Waals surface area (Å²) in [6.45, 7) is 4.92. The van der Waals surface area contributed by atoms with Gasteiger partial charge < -0.3 is 20.1 Å². The minimum Gasteiger partial charge on any atom is -0.352 e. The third-order valence-corrected chi connectivity index (χ3v) is 7.11. The van der Waals surface area contributed by atoms with E-state index in [9.17, 15) is 14.0 Å². The number of ketones is 1. The number of likely N-dealkylation sites (tertiary alicyclic amines) is 1. The van der Waals surface area contributed by atoms with E-state index in [-0.39, 0.29) is 17.5 Å². The quantitative estimate of drug-likeness (QED) is 0.559. The SMILES string of the molecule is Cc1ccc2[nH]c(C(=O)CCCN3CCC4(CC3)C(=O)NCN4c3ccc(F)cc3)cc2c1. The van der Waals surface area contributed by atoms with Crippen LogP contribution in [0.15, 0.2) is 48.5 Å². The number of Topliss-reactive ketones (excluding diaryl/α,β-unsaturated/α-hetero) is 1. The second-order valence-electron chi connectivity index (χ2n) is 9.24. The lowest BCUT2D eigenvalue weighted by Crippen LogP contribution is -2.56. The van der Waals surface area contributed by atoms with Crippen molar-refractivity contribution in [3.05, 3.63) is 65.6 Å². The molecule has 1 aromatic heterocycles. The van der Waals surface area contributed by atoms with E-state index in [4.69, 9.17) is 0 Å². The van der Waals surface area contributed by atoms with Crippen molar-refractivity contribution in [3.63, 3.8) is 0 Å². The van der Waals surface area contributed by atoms with Crippen molar-refractivity contribution in [2.24, 2.45) is 0 Å². The van der Waals surface area contributed by atoms with E-state index in [1.54, 1.807) is 12.1 Å². The smallest absolute Gasteiger partial charge is 0.247 e. The highest BCUT2D eigenvalue weighted by molar-refractivity contribution is 5.99. The van der Waals surface area contributed by atoms with Gasteiger partial charge in [-0.25, -0.2) is 4.39 Å². The maximum absolute atomic E-state index is 13.4. The van der Waals surface area contributed by atoms with Crippen molar-refractivity contribution in [2.45, 2.75) is 38.1 Å². The Balaban J connectivity index is 1.16. The average Bonchev–Trinajstić information content (AvgIpc) is 3.37. The summed E-state index contributed by atoms with van der Waals surface area (Å²) in [6.07, 6.45) is 2.71. The Morgan fingerprint density at radius 2 is 1.85 bits per heavy atom. The van der Waals surface area contributed by atoms with Crippen LogP contribution in [0.5, 0.6) is 0 Å². The van der Waals surface area contributed by atoms with Crippen LogP contribution in [0.1, 0.15) is 41.7 Å². The molecule has 2 saturated heterocycles. The fourth-order valence-electron chi connectivity index (χ4n) is 5.19. The van der Waals surface area contributed by atoms with Crippen LogP contribution >= 0.6 is 0 Å². The lowest BCUT2D eigenvalue weighted by atomic mass is 9.85. The summed E-state index contributed by atoms with van der Waals surface area (Å²) < 4.78 is 13.4. The van der Waals surface area contributed by atoms with Gasteiger partial charge >= 0.3 is 0 Å². The molecule has 0 saturated carbocycles. The van der Waals surface area contributed by atoms with Gasteiger partial charge in [-0.05, 0) is 75.2 Å². The number of benzene rings is 2. The van der Waals surface area contributed by atoms with E-state index >= 15 is 0 Å². The second kappa shape index (κ2) is 8.63. The van der Waals surface area contributed by atoms with Gasteiger partial charge in [-0.3, -0.25) is 9.59 Å². The van der Waals surface area contributed by atoms with Crippen LogP contribution in [-0.4, -0.2) is 53.4 Å². The van der Waals surface area contributed by atoms with E-state index in [1.165, 1.54) is 17.7 Å². The molecule has 172 valence electrons. The van der Waals surface area contributed by atoms with E-state index in [2.05, 4.69) is 26.2 Å². The molecule has 0 atom stereocenters. The highest BCUT2D eigenvalue weighted by atomic mass is 19.1. The Morgan fingerprint density at radius 3 is 2.61 bits per heavy atom. The number of rotatable bonds is 6. The number of carbonyl (C=O) groups excluding carboxylic acids is 2. The normalized spacial score (nSPS) is 18.2. The molecule has 1 amide bonds. The van der Waals surface area contributed by atoms with Crippen molar-refractivity contribution in [1.29, 1.82) is 0 Å². The van der Waals surface area contributed by atoms with Crippen molar-refractivity contribution in [2.75, 3.05) is 31.2 Å². The molecule has 0 bridgehead atoms. The van der Waals surface area contributed by atoms with Gasteiger partial charge in [0.25, 0.3) is 0 Å². The molecular formula is C26H29FN4O2. The van der Waals surface area contributed by atoms with Crippen molar-refractivity contribution < 1.29 is 14.0 Å². The van der Waals surface area contributed by atoms with Crippen LogP contribution < -0.4 is 10.2 Å². The van der Waals surface area contributed by atoms with Gasteiger partial charge in [0, 0.05) is 36.1 Å². The van der Waals surface area contributed by atoms with Gasteiger partial charge in [0.15, 0.2) is 5.78 Å². The number of aromatic nitrogens is 1. The number of fused-ring (bicyclic) bond motifs is 1. The van der Waals surface area contributed by atoms with Gasteiger partial charge in [0.05, 0.1) is 12.4 Å². The Bertz CT molecular complexity index is 1180. The third-order valence-electron chi connectivity index (χ3n) is 7.11. The topological polar surface area (TPSA) is 68.4 Å². The molecule has 2 aromatic carbocycles. The molecule has 3 heterocycles. The first kappa shape index (κ1) is 21.6. The lowest BCUT2D eigenvalue weighted by Gasteiger charge is -2.43. The summed E-state index contributed by atoms with van der Waals surface area (Å²) in [5.74, 6) is -0.0936. The van der Waals surface area contributed by atoms with Gasteiger partial charge in [-0.15, -0.1) is 0 Å². The highest BCUT2D eigenvalue weighted by Crippen LogP contribution is 2.36. The Hall–Kier alpha value is -3.19. The number of hydrogen-bond donors (Lipinski definition) is 2. The van der Waals surface area contributed by atoms with E-state index in [0.29, 0.717) is 31.6 Å². The zero-order valence-corrected chi connectivity index (χ0v) is 18.9. The first-order chi connectivity index (χ1) is 15.9. The van der Waals surface area contributed by atoms with Gasteiger partial charge in [-0.1, -0.05) is 11.6 Å². The number of carbonyl (C=O) groups is 2. The minimum absolute atomic E-state index is 0.0516. The van der Waals surface area contributed by atoms with Crippen molar-refractivity contribution in [1.82, 2.24) is 15.2 Å². The molecule has 33 heavy (non-hydrogen) atoms. The van der Waals surface area contributed by atoms with Crippen LogP contribution in [0, 0.1) is 12.7 Å². The maximum Gasteiger partial charge on any atom is 0.247 e. The molecule has 1 spiro atoms. The summed E-state index contributed by atoms with van der Waals surface area (Å²) >= 11 is 0. The molecule has 6 nitrogen and oxygen atoms in total. The molecular weight excluding hydrogens is 419 g/mol. The van der Waals surface area contributed by atoms with Crippen LogP contribution in [0.4, 0.5) is 10.1 Å². The molecule has 2 fully saturated rings. The fraction of sp³-hybridized carbons (Fsp3) is 0.385. The number of aromatic amines is 1. The molecule has 2 aliphatic heterocycles. The van der Waals surface area contributed by atoms with Gasteiger partial charge in [-0.2, -0.15) is 0 Å². The van der Waals surface area contributed by atoms with Crippen molar-refractivity contribution >= 4 is 28.3 Å². The first-order valence-electron chi connectivity index (χ1n) is 11.6. The number of nitrogens with one attached hydrogen (secondary N) is 2. The van der Waals surface area contributed by atoms with Crippen LogP contribution in [-0.2, 0) is 4.79 Å². The maximum atomic E-state index is 13.4. The number of H-pyrrole nitrogens is 1.